The van der Waals surface area contributed by atoms with Crippen LogP contribution in [0.2, 0.25) is 0 Å². The molecule has 2 fully saturated rings. The minimum Gasteiger partial charge on any atom is -0.383 e. The van der Waals surface area contributed by atoms with Gasteiger partial charge in [-0.1, -0.05) is 0 Å². The second-order valence-electron chi connectivity index (χ2n) is 5.95. The van der Waals surface area contributed by atoms with Gasteiger partial charge in [0.25, 0.3) is 0 Å². The van der Waals surface area contributed by atoms with E-state index in [9.17, 15) is 9.18 Å². The normalized spacial score (nSPS) is 26.3. The van der Waals surface area contributed by atoms with E-state index in [4.69, 9.17) is 9.47 Å². The van der Waals surface area contributed by atoms with Crippen molar-refractivity contribution in [1.29, 1.82) is 0 Å². The minimum atomic E-state index is -0.441. The van der Waals surface area contributed by atoms with Crippen LogP contribution in [-0.2, 0) is 14.3 Å². The molecule has 23 heavy (non-hydrogen) atoms. The number of rotatable bonds is 6. The number of halogens is 1. The molecule has 1 N–H and O–H groups in total. The molecule has 0 aliphatic carbocycles. The Hall–Kier alpha value is -1.80. The molecule has 3 atom stereocenters. The van der Waals surface area contributed by atoms with Gasteiger partial charge in [-0.25, -0.2) is 14.4 Å². The van der Waals surface area contributed by atoms with Gasteiger partial charge in [-0.3, -0.25) is 4.79 Å². The smallest absolute Gasteiger partial charge is 0.225 e. The molecule has 0 saturated carbocycles. The van der Waals surface area contributed by atoms with Crippen LogP contribution in [0.3, 0.4) is 0 Å². The van der Waals surface area contributed by atoms with Crippen molar-refractivity contribution >= 4 is 11.9 Å². The van der Waals surface area contributed by atoms with Crippen molar-refractivity contribution in [3.8, 4) is 0 Å². The van der Waals surface area contributed by atoms with Gasteiger partial charge in [0.05, 0.1) is 37.6 Å². The molecule has 3 rings (SSSR count). The molecule has 0 spiro atoms. The van der Waals surface area contributed by atoms with Crippen LogP contribution in [0.5, 0.6) is 0 Å². The Morgan fingerprint density at radius 1 is 1.48 bits per heavy atom. The van der Waals surface area contributed by atoms with Crippen molar-refractivity contribution in [2.45, 2.75) is 25.0 Å². The summed E-state index contributed by atoms with van der Waals surface area (Å²) in [5.74, 6) is 0.438. The van der Waals surface area contributed by atoms with Crippen molar-refractivity contribution < 1.29 is 18.7 Å². The van der Waals surface area contributed by atoms with Crippen LogP contribution in [0.4, 0.5) is 10.3 Å². The summed E-state index contributed by atoms with van der Waals surface area (Å²) in [5.41, 5.74) is 0. The van der Waals surface area contributed by atoms with E-state index < -0.39 is 5.82 Å². The lowest BCUT2D eigenvalue weighted by atomic mass is 10.0. The highest BCUT2D eigenvalue weighted by molar-refractivity contribution is 5.76. The van der Waals surface area contributed by atoms with Gasteiger partial charge in [-0.15, -0.1) is 0 Å². The number of fused-ring (bicyclic) bond motifs is 1. The molecular weight excluding hydrogens is 303 g/mol. The fourth-order valence-corrected chi connectivity index (χ4v) is 3.20. The predicted octanol–water partition coefficient (Wildman–Crippen LogP) is 0.362. The summed E-state index contributed by atoms with van der Waals surface area (Å²) < 4.78 is 23.7. The largest absolute Gasteiger partial charge is 0.383 e. The van der Waals surface area contributed by atoms with E-state index >= 15 is 0 Å². The van der Waals surface area contributed by atoms with Gasteiger partial charge >= 0.3 is 0 Å². The molecule has 0 bridgehead atoms. The molecular formula is C15H21FN4O3. The van der Waals surface area contributed by atoms with E-state index in [1.807, 2.05) is 4.90 Å². The third kappa shape index (κ3) is 3.94. The summed E-state index contributed by atoms with van der Waals surface area (Å²) >= 11 is 0. The first-order valence-electron chi connectivity index (χ1n) is 7.79. The summed E-state index contributed by atoms with van der Waals surface area (Å²) in [6, 6.07) is 0. The van der Waals surface area contributed by atoms with E-state index in [-0.39, 0.29) is 18.1 Å². The van der Waals surface area contributed by atoms with E-state index in [0.29, 0.717) is 38.0 Å². The summed E-state index contributed by atoms with van der Waals surface area (Å²) in [4.78, 5) is 21.8. The second kappa shape index (κ2) is 7.18. The molecule has 0 unspecified atom stereocenters. The first-order chi connectivity index (χ1) is 11.2. The van der Waals surface area contributed by atoms with Crippen LogP contribution >= 0.6 is 0 Å². The summed E-state index contributed by atoms with van der Waals surface area (Å²) in [7, 11) is 1.60. The maximum absolute atomic E-state index is 12.9. The third-order valence-electron chi connectivity index (χ3n) is 4.24. The molecule has 126 valence electrons. The number of nitrogens with one attached hydrogen (secondary N) is 1. The number of hydrogen-bond acceptors (Lipinski definition) is 6. The van der Waals surface area contributed by atoms with Gasteiger partial charge in [-0.2, -0.15) is 0 Å². The van der Waals surface area contributed by atoms with Crippen LogP contribution < -0.4 is 10.2 Å². The Balaban J connectivity index is 1.46. The van der Waals surface area contributed by atoms with Crippen molar-refractivity contribution in [3.05, 3.63) is 18.2 Å². The van der Waals surface area contributed by atoms with Gasteiger partial charge in [0.1, 0.15) is 0 Å². The third-order valence-corrected chi connectivity index (χ3v) is 4.24. The topological polar surface area (TPSA) is 76.6 Å². The number of carbonyl (C=O) groups is 1. The number of aromatic nitrogens is 2. The van der Waals surface area contributed by atoms with Crippen molar-refractivity contribution in [2.24, 2.45) is 5.92 Å². The van der Waals surface area contributed by atoms with Crippen LogP contribution in [0.15, 0.2) is 12.4 Å². The number of amides is 1. The fraction of sp³-hybridized carbons (Fsp3) is 0.667. The van der Waals surface area contributed by atoms with Crippen LogP contribution in [0.1, 0.15) is 12.8 Å². The molecule has 2 aliphatic heterocycles. The van der Waals surface area contributed by atoms with Gasteiger partial charge < -0.3 is 19.7 Å². The lowest BCUT2D eigenvalue weighted by Crippen LogP contribution is -2.31. The molecule has 2 aliphatic rings. The maximum atomic E-state index is 12.9. The molecule has 1 amide bonds. The Kier molecular flexibility index (Phi) is 5.02. The monoisotopic (exact) mass is 324 g/mol. The van der Waals surface area contributed by atoms with Gasteiger partial charge in [-0.05, 0) is 6.42 Å². The van der Waals surface area contributed by atoms with Gasteiger partial charge in [0.15, 0.2) is 5.82 Å². The van der Waals surface area contributed by atoms with Crippen LogP contribution in [0.25, 0.3) is 0 Å². The van der Waals surface area contributed by atoms with Crippen LogP contribution in [-0.4, -0.2) is 61.4 Å². The fourth-order valence-electron chi connectivity index (χ4n) is 3.20. The predicted molar refractivity (Wildman–Crippen MR) is 80.5 cm³/mol. The summed E-state index contributed by atoms with van der Waals surface area (Å²) in [6.07, 6.45) is 3.61. The molecule has 0 radical (unpaired) electrons. The first-order valence-corrected chi connectivity index (χ1v) is 7.79. The summed E-state index contributed by atoms with van der Waals surface area (Å²) in [6.45, 7) is 2.48. The Morgan fingerprint density at radius 2 is 2.26 bits per heavy atom. The standard InChI is InChI=1S/C15H21FN4O3/c1-22-3-2-17-14(21)5-12-4-10-8-20(9-13(10)23-12)15-18-6-11(16)7-19-15/h6-7,10,12-13H,2-5,8-9H2,1H3,(H,17,21)/t10-,12-,13+/m0/s1. The van der Waals surface area contributed by atoms with Gasteiger partial charge in [0.2, 0.25) is 11.9 Å². The zero-order valence-corrected chi connectivity index (χ0v) is 13.1. The number of carbonyl (C=O) groups excluding carboxylic acids is 1. The number of ether oxygens (including phenoxy) is 2. The number of nitrogens with zero attached hydrogens (tertiary/aromatic N) is 3. The number of anilines is 1. The molecule has 8 heteroatoms. The van der Waals surface area contributed by atoms with E-state index in [1.54, 1.807) is 7.11 Å². The van der Waals surface area contributed by atoms with Gasteiger partial charge in [0, 0.05) is 32.7 Å². The van der Waals surface area contributed by atoms with Crippen molar-refractivity contribution in [3.63, 3.8) is 0 Å². The van der Waals surface area contributed by atoms with Crippen molar-refractivity contribution in [2.75, 3.05) is 38.3 Å². The number of hydrogen-bond donors (Lipinski definition) is 1. The number of methoxy groups -OCH3 is 1. The minimum absolute atomic E-state index is 0.00857. The summed E-state index contributed by atoms with van der Waals surface area (Å²) in [5, 5.41) is 2.81. The zero-order chi connectivity index (χ0) is 16.2. The molecule has 0 aromatic carbocycles. The quantitative estimate of drug-likeness (QED) is 0.762. The Bertz CT molecular complexity index is 528. The van der Waals surface area contributed by atoms with E-state index in [1.165, 1.54) is 12.4 Å². The molecule has 1 aromatic rings. The maximum Gasteiger partial charge on any atom is 0.225 e. The zero-order valence-electron chi connectivity index (χ0n) is 13.1. The Morgan fingerprint density at radius 3 is 2.96 bits per heavy atom. The highest BCUT2D eigenvalue weighted by atomic mass is 19.1. The van der Waals surface area contributed by atoms with E-state index in [0.717, 1.165) is 13.0 Å². The average Bonchev–Trinajstić information content (AvgIpc) is 3.06. The first kappa shape index (κ1) is 16.1. The second-order valence-corrected chi connectivity index (χ2v) is 5.95. The lowest BCUT2D eigenvalue weighted by Gasteiger charge is -2.19. The van der Waals surface area contributed by atoms with Crippen LogP contribution in [0, 0.1) is 11.7 Å². The molecule has 7 nitrogen and oxygen atoms in total. The highest BCUT2D eigenvalue weighted by Gasteiger charge is 2.43. The Labute approximate surface area is 134 Å². The SMILES string of the molecule is COCCNC(=O)C[C@@H]1C[C@H]2CN(c3ncc(F)cn3)C[C@H]2O1. The molecule has 2 saturated heterocycles. The molecule has 3 heterocycles. The van der Waals surface area contributed by atoms with Crippen molar-refractivity contribution in [1.82, 2.24) is 15.3 Å². The average molecular weight is 324 g/mol. The van der Waals surface area contributed by atoms with E-state index in [2.05, 4.69) is 15.3 Å². The highest BCUT2D eigenvalue weighted by Crippen LogP contribution is 2.35. The lowest BCUT2D eigenvalue weighted by molar-refractivity contribution is -0.123. The molecule has 1 aromatic heterocycles.